The molecule has 0 radical (unpaired) electrons. The normalized spacial score (nSPS) is 17.3. The number of hydrogen-bond acceptors (Lipinski definition) is 8. The van der Waals surface area contributed by atoms with Gasteiger partial charge in [0.15, 0.2) is 23.1 Å². The number of nitrogens with zero attached hydrogens (tertiary/aromatic N) is 3. The molecule has 34 heavy (non-hydrogen) atoms. The van der Waals surface area contributed by atoms with Crippen molar-refractivity contribution in [1.29, 1.82) is 0 Å². The number of anilines is 5. The van der Waals surface area contributed by atoms with E-state index in [4.69, 9.17) is 5.11 Å². The van der Waals surface area contributed by atoms with Gasteiger partial charge in [-0.2, -0.15) is 5.10 Å². The van der Waals surface area contributed by atoms with E-state index < -0.39 is 18.1 Å². The fourth-order valence-corrected chi connectivity index (χ4v) is 3.75. The number of nitrogens with one attached hydrogen (secondary N) is 5. The molecule has 2 amide bonds. The van der Waals surface area contributed by atoms with Gasteiger partial charge in [-0.1, -0.05) is 6.07 Å². The summed E-state index contributed by atoms with van der Waals surface area (Å²) in [5.74, 6) is 0.571. The molecule has 1 aliphatic carbocycles. The summed E-state index contributed by atoms with van der Waals surface area (Å²) in [7, 11) is 0. The van der Waals surface area contributed by atoms with Crippen molar-refractivity contribution in [3.05, 3.63) is 47.4 Å². The zero-order valence-corrected chi connectivity index (χ0v) is 18.7. The molecule has 2 aromatic heterocycles. The van der Waals surface area contributed by atoms with Crippen molar-refractivity contribution in [2.24, 2.45) is 0 Å². The van der Waals surface area contributed by atoms with Gasteiger partial charge in [0.2, 0.25) is 0 Å². The van der Waals surface area contributed by atoms with E-state index in [1.54, 1.807) is 31.2 Å². The Bertz CT molecular complexity index is 1210. The van der Waals surface area contributed by atoms with Gasteiger partial charge in [0.05, 0.1) is 18.3 Å². The second-order valence-corrected chi connectivity index (χ2v) is 8.18. The van der Waals surface area contributed by atoms with Gasteiger partial charge in [-0.25, -0.2) is 14.8 Å². The number of carbonyl (C=O) groups is 2. The van der Waals surface area contributed by atoms with Crippen LogP contribution in [0.4, 0.5) is 33.6 Å². The molecule has 178 valence electrons. The summed E-state index contributed by atoms with van der Waals surface area (Å²) in [6.07, 6.45) is 1.79. The first-order chi connectivity index (χ1) is 16.3. The highest BCUT2D eigenvalue weighted by atomic mass is 16.4. The van der Waals surface area contributed by atoms with Crippen LogP contribution < -0.4 is 21.3 Å². The van der Waals surface area contributed by atoms with Crippen LogP contribution in [-0.4, -0.2) is 54.5 Å². The first-order valence-corrected chi connectivity index (χ1v) is 10.8. The molecule has 0 unspecified atom stereocenters. The van der Waals surface area contributed by atoms with E-state index in [1.165, 1.54) is 6.20 Å². The topological polar surface area (TPSA) is 177 Å². The van der Waals surface area contributed by atoms with Gasteiger partial charge < -0.3 is 26.2 Å². The van der Waals surface area contributed by atoms with E-state index in [1.807, 2.05) is 6.92 Å². The highest BCUT2D eigenvalue weighted by molar-refractivity contribution is 5.98. The van der Waals surface area contributed by atoms with Crippen LogP contribution in [0.5, 0.6) is 0 Å². The molecule has 1 aliphatic rings. The fraction of sp³-hybridized carbons (Fsp3) is 0.318. The molecule has 0 aliphatic heterocycles. The third-order valence-electron chi connectivity index (χ3n) is 5.49. The fourth-order valence-electron chi connectivity index (χ4n) is 3.75. The molecular formula is C22H26N8O4. The molecule has 2 heterocycles. The Balaban J connectivity index is 1.64. The first kappa shape index (κ1) is 23.0. The van der Waals surface area contributed by atoms with E-state index >= 15 is 0 Å². The summed E-state index contributed by atoms with van der Waals surface area (Å²) in [5.41, 5.74) is 2.53. The number of H-pyrrole nitrogens is 1. The Morgan fingerprint density at radius 2 is 1.94 bits per heavy atom. The van der Waals surface area contributed by atoms with E-state index in [0.29, 0.717) is 35.9 Å². The van der Waals surface area contributed by atoms with Crippen molar-refractivity contribution >= 4 is 40.8 Å². The van der Waals surface area contributed by atoms with Crippen LogP contribution in [-0.2, 0) is 0 Å². The molecule has 1 aromatic carbocycles. The Hall–Kier alpha value is -4.19. The maximum Gasteiger partial charge on any atom is 0.409 e. The largest absolute Gasteiger partial charge is 0.465 e. The van der Waals surface area contributed by atoms with Crippen LogP contribution in [0.3, 0.4) is 0 Å². The molecule has 12 nitrogen and oxygen atoms in total. The van der Waals surface area contributed by atoms with E-state index in [2.05, 4.69) is 41.4 Å². The summed E-state index contributed by atoms with van der Waals surface area (Å²) in [5, 5.41) is 37.4. The maximum atomic E-state index is 13.0. The third-order valence-corrected chi connectivity index (χ3v) is 5.49. The van der Waals surface area contributed by atoms with Gasteiger partial charge >= 0.3 is 6.09 Å². The van der Waals surface area contributed by atoms with Gasteiger partial charge in [0.25, 0.3) is 5.91 Å². The zero-order chi connectivity index (χ0) is 24.2. The number of aromatic amines is 1. The molecule has 1 saturated carbocycles. The molecule has 12 heteroatoms. The number of hydrogen-bond donors (Lipinski definition) is 7. The average Bonchev–Trinajstić information content (AvgIpc) is 3.38. The minimum atomic E-state index is -1.18. The number of carboxylic acid groups (broad SMARTS) is 1. The molecule has 7 N–H and O–H groups in total. The molecule has 1 fully saturated rings. The van der Waals surface area contributed by atoms with Crippen molar-refractivity contribution in [2.45, 2.75) is 45.3 Å². The third kappa shape index (κ3) is 5.41. The Labute approximate surface area is 195 Å². The van der Waals surface area contributed by atoms with Crippen LogP contribution in [0.25, 0.3) is 0 Å². The van der Waals surface area contributed by atoms with Crippen LogP contribution in [0.2, 0.25) is 0 Å². The maximum absolute atomic E-state index is 13.0. The van der Waals surface area contributed by atoms with Crippen LogP contribution in [0, 0.1) is 13.8 Å². The number of aliphatic hydroxyl groups excluding tert-OH is 1. The summed E-state index contributed by atoms with van der Waals surface area (Å²) < 4.78 is 0. The Kier molecular flexibility index (Phi) is 6.59. The molecule has 0 spiro atoms. The lowest BCUT2D eigenvalue weighted by atomic mass is 10.1. The van der Waals surface area contributed by atoms with Crippen LogP contribution in [0.1, 0.15) is 41.0 Å². The van der Waals surface area contributed by atoms with Crippen molar-refractivity contribution in [3.63, 3.8) is 0 Å². The van der Waals surface area contributed by atoms with Crippen molar-refractivity contribution in [1.82, 2.24) is 25.5 Å². The summed E-state index contributed by atoms with van der Waals surface area (Å²) in [6.45, 7) is 3.64. The molecule has 3 aromatic rings. The number of aliphatic hydroxyl groups is 1. The van der Waals surface area contributed by atoms with E-state index in [-0.39, 0.29) is 17.6 Å². The van der Waals surface area contributed by atoms with Crippen molar-refractivity contribution in [3.8, 4) is 0 Å². The molecule has 4 rings (SSSR count). The first-order valence-electron chi connectivity index (χ1n) is 10.8. The molecular weight excluding hydrogens is 440 g/mol. The lowest BCUT2D eigenvalue weighted by Crippen LogP contribution is -2.40. The van der Waals surface area contributed by atoms with E-state index in [0.717, 1.165) is 17.7 Å². The quantitative estimate of drug-likeness (QED) is 0.276. The van der Waals surface area contributed by atoms with Crippen molar-refractivity contribution in [2.75, 3.05) is 16.0 Å². The van der Waals surface area contributed by atoms with Gasteiger partial charge in [-0.15, -0.1) is 0 Å². The predicted molar refractivity (Wildman–Crippen MR) is 126 cm³/mol. The summed E-state index contributed by atoms with van der Waals surface area (Å²) >= 11 is 0. The standard InChI is InChI=1S/C22H26N8O4/c1-11-6-7-13(9-15(11)26-22(33)34)24-20-19(21(32)25-14-4-3-5-16(14)31)23-10-18(28-20)27-17-8-12(2)29-30-17/h6-10,14,16,26,31H,3-5H2,1-2H3,(H,25,32)(H,33,34)(H3,24,27,28,29,30)/t14-,16-/m1/s1. The number of carbonyl (C=O) groups excluding carboxylic acids is 1. The molecule has 0 bridgehead atoms. The lowest BCUT2D eigenvalue weighted by Gasteiger charge is -2.18. The van der Waals surface area contributed by atoms with Gasteiger partial charge in [0.1, 0.15) is 0 Å². The zero-order valence-electron chi connectivity index (χ0n) is 18.7. The summed E-state index contributed by atoms with van der Waals surface area (Å²) in [6, 6.07) is 6.52. The van der Waals surface area contributed by atoms with Crippen LogP contribution in [0.15, 0.2) is 30.5 Å². The second kappa shape index (κ2) is 9.75. The average molecular weight is 467 g/mol. The Morgan fingerprint density at radius 1 is 1.12 bits per heavy atom. The number of aromatic nitrogens is 4. The smallest absolute Gasteiger partial charge is 0.409 e. The van der Waals surface area contributed by atoms with Gasteiger partial charge in [-0.05, 0) is 50.8 Å². The highest BCUT2D eigenvalue weighted by Gasteiger charge is 2.28. The number of aryl methyl sites for hydroxylation is 2. The minimum Gasteiger partial charge on any atom is -0.465 e. The number of benzene rings is 1. The summed E-state index contributed by atoms with van der Waals surface area (Å²) in [4.78, 5) is 32.9. The van der Waals surface area contributed by atoms with Crippen molar-refractivity contribution < 1.29 is 19.8 Å². The number of amides is 2. The van der Waals surface area contributed by atoms with Crippen LogP contribution >= 0.6 is 0 Å². The van der Waals surface area contributed by atoms with E-state index in [9.17, 15) is 14.7 Å². The minimum absolute atomic E-state index is 0.0381. The second-order valence-electron chi connectivity index (χ2n) is 8.18. The predicted octanol–water partition coefficient (Wildman–Crippen LogP) is 3.04. The highest BCUT2D eigenvalue weighted by Crippen LogP contribution is 2.26. The SMILES string of the molecule is Cc1cc(Nc2cnc(C(=O)N[C@@H]3CCC[C@H]3O)c(Nc3ccc(C)c(NC(=O)O)c3)n2)n[nH]1. The molecule has 0 saturated heterocycles. The van der Waals surface area contributed by atoms with Gasteiger partial charge in [-0.3, -0.25) is 15.2 Å². The monoisotopic (exact) mass is 466 g/mol. The lowest BCUT2D eigenvalue weighted by molar-refractivity contribution is 0.0869. The Morgan fingerprint density at radius 3 is 2.62 bits per heavy atom. The van der Waals surface area contributed by atoms with Gasteiger partial charge in [0, 0.05) is 23.1 Å². The number of rotatable bonds is 7. The molecule has 2 atom stereocenters.